The normalized spacial score (nSPS) is 13.3. The number of hydrogen-bond acceptors (Lipinski definition) is 3. The summed E-state index contributed by atoms with van der Waals surface area (Å²) in [5, 5.41) is 0. The van der Waals surface area contributed by atoms with E-state index >= 15 is 0 Å². The van der Waals surface area contributed by atoms with Gasteiger partial charge in [0.1, 0.15) is 5.75 Å². The quantitative estimate of drug-likeness (QED) is 0.772. The third-order valence-corrected chi connectivity index (χ3v) is 4.67. The third kappa shape index (κ3) is 3.07. The number of para-hydroxylation sites is 1. The molecule has 1 aliphatic carbocycles. The van der Waals surface area contributed by atoms with Crippen LogP contribution in [0.1, 0.15) is 29.8 Å². The van der Waals surface area contributed by atoms with Crippen LogP contribution >= 0.6 is 0 Å². The first-order chi connectivity index (χ1) is 12.2. The maximum absolute atomic E-state index is 12.9. The molecule has 1 N–H and O–H groups in total. The Morgan fingerprint density at radius 1 is 1.04 bits per heavy atom. The van der Waals surface area contributed by atoms with Gasteiger partial charge in [-0.3, -0.25) is 4.79 Å². The van der Waals surface area contributed by atoms with Gasteiger partial charge in [-0.15, -0.1) is 0 Å². The second-order valence-electron chi connectivity index (χ2n) is 6.42. The van der Waals surface area contributed by atoms with Gasteiger partial charge in [-0.25, -0.2) is 4.98 Å². The average Bonchev–Trinajstić information content (AvgIpc) is 2.64. The Balaban J connectivity index is 1.68. The fraction of sp³-hybridized carbons (Fsp3) is 0.238. The van der Waals surface area contributed by atoms with Gasteiger partial charge in [0.05, 0.1) is 0 Å². The molecule has 4 heteroatoms. The molecule has 0 amide bonds. The van der Waals surface area contributed by atoms with Gasteiger partial charge in [0.15, 0.2) is 5.43 Å². The SMILES string of the molecule is Cc1[nH]c2c(c(=O)c1-c1ccc(Oc3ccccc3)nc1)CCCC2. The summed E-state index contributed by atoms with van der Waals surface area (Å²) in [7, 11) is 0. The number of benzene rings is 1. The van der Waals surface area contributed by atoms with E-state index in [0.29, 0.717) is 5.88 Å². The fourth-order valence-corrected chi connectivity index (χ4v) is 3.45. The minimum Gasteiger partial charge on any atom is -0.439 e. The Labute approximate surface area is 146 Å². The maximum atomic E-state index is 12.9. The highest BCUT2D eigenvalue weighted by atomic mass is 16.5. The van der Waals surface area contributed by atoms with Gasteiger partial charge in [-0.1, -0.05) is 18.2 Å². The zero-order valence-corrected chi connectivity index (χ0v) is 14.2. The van der Waals surface area contributed by atoms with Crippen molar-refractivity contribution < 1.29 is 4.74 Å². The van der Waals surface area contributed by atoms with E-state index in [2.05, 4.69) is 9.97 Å². The predicted octanol–water partition coefficient (Wildman–Crippen LogP) is 4.42. The predicted molar refractivity (Wildman–Crippen MR) is 98.2 cm³/mol. The Kier molecular flexibility index (Phi) is 4.10. The largest absolute Gasteiger partial charge is 0.439 e. The molecule has 25 heavy (non-hydrogen) atoms. The van der Waals surface area contributed by atoms with Crippen LogP contribution in [0.3, 0.4) is 0 Å². The molecule has 0 fully saturated rings. The molecule has 0 spiro atoms. The molecule has 0 radical (unpaired) electrons. The van der Waals surface area contributed by atoms with Crippen LogP contribution in [0.15, 0.2) is 53.5 Å². The smallest absolute Gasteiger partial charge is 0.219 e. The second kappa shape index (κ2) is 6.55. The van der Waals surface area contributed by atoms with E-state index in [1.165, 1.54) is 0 Å². The number of ether oxygens (including phenoxy) is 1. The van der Waals surface area contributed by atoms with E-state index in [-0.39, 0.29) is 5.43 Å². The number of nitrogens with zero attached hydrogens (tertiary/aromatic N) is 1. The van der Waals surface area contributed by atoms with Crippen LogP contribution in [0.2, 0.25) is 0 Å². The van der Waals surface area contributed by atoms with E-state index in [1.807, 2.05) is 43.3 Å². The molecular formula is C21H20N2O2. The molecule has 2 aromatic heterocycles. The summed E-state index contributed by atoms with van der Waals surface area (Å²) in [6, 6.07) is 13.2. The molecule has 3 aromatic rings. The number of pyridine rings is 2. The Morgan fingerprint density at radius 2 is 1.84 bits per heavy atom. The van der Waals surface area contributed by atoms with Gasteiger partial charge < -0.3 is 9.72 Å². The Morgan fingerprint density at radius 3 is 2.60 bits per heavy atom. The molecule has 126 valence electrons. The Bertz CT molecular complexity index is 944. The van der Waals surface area contributed by atoms with Crippen LogP contribution in [0, 0.1) is 6.92 Å². The topological polar surface area (TPSA) is 55.0 Å². The molecule has 0 bridgehead atoms. The van der Waals surface area contributed by atoms with E-state index in [4.69, 9.17) is 4.74 Å². The van der Waals surface area contributed by atoms with Crippen molar-refractivity contribution >= 4 is 0 Å². The monoisotopic (exact) mass is 332 g/mol. The summed E-state index contributed by atoms with van der Waals surface area (Å²) in [6.45, 7) is 1.96. The molecule has 0 saturated carbocycles. The van der Waals surface area contributed by atoms with Gasteiger partial charge in [0, 0.05) is 40.3 Å². The molecule has 0 atom stereocenters. The zero-order chi connectivity index (χ0) is 17.2. The van der Waals surface area contributed by atoms with Gasteiger partial charge in [-0.05, 0) is 50.8 Å². The number of hydrogen-bond donors (Lipinski definition) is 1. The van der Waals surface area contributed by atoms with Crippen molar-refractivity contribution in [3.05, 3.63) is 75.8 Å². The average molecular weight is 332 g/mol. The Hall–Kier alpha value is -2.88. The summed E-state index contributed by atoms with van der Waals surface area (Å²) in [6.07, 6.45) is 5.77. The van der Waals surface area contributed by atoms with Crippen molar-refractivity contribution in [1.82, 2.24) is 9.97 Å². The first-order valence-electron chi connectivity index (χ1n) is 8.66. The molecule has 0 saturated heterocycles. The van der Waals surface area contributed by atoms with Crippen molar-refractivity contribution in [2.75, 3.05) is 0 Å². The van der Waals surface area contributed by atoms with Crippen molar-refractivity contribution in [1.29, 1.82) is 0 Å². The van der Waals surface area contributed by atoms with Crippen LogP contribution in [-0.4, -0.2) is 9.97 Å². The van der Waals surface area contributed by atoms with E-state index in [9.17, 15) is 4.79 Å². The molecule has 0 unspecified atom stereocenters. The number of aryl methyl sites for hydroxylation is 2. The zero-order valence-electron chi connectivity index (χ0n) is 14.2. The lowest BCUT2D eigenvalue weighted by Crippen LogP contribution is -2.21. The van der Waals surface area contributed by atoms with E-state index < -0.39 is 0 Å². The molecule has 1 aliphatic rings. The van der Waals surface area contributed by atoms with Crippen LogP contribution < -0.4 is 10.2 Å². The molecule has 0 aliphatic heterocycles. The summed E-state index contributed by atoms with van der Waals surface area (Å²) >= 11 is 0. The number of aromatic nitrogens is 2. The number of H-pyrrole nitrogens is 1. The molecular weight excluding hydrogens is 312 g/mol. The third-order valence-electron chi connectivity index (χ3n) is 4.67. The number of rotatable bonds is 3. The van der Waals surface area contributed by atoms with Crippen LogP contribution in [-0.2, 0) is 12.8 Å². The van der Waals surface area contributed by atoms with Crippen LogP contribution in [0.4, 0.5) is 0 Å². The number of aromatic amines is 1. The van der Waals surface area contributed by atoms with Crippen molar-refractivity contribution in [2.24, 2.45) is 0 Å². The minimum absolute atomic E-state index is 0.143. The molecule has 2 heterocycles. The lowest BCUT2D eigenvalue weighted by molar-refractivity contribution is 0.463. The molecule has 4 rings (SSSR count). The van der Waals surface area contributed by atoms with E-state index in [0.717, 1.165) is 59.5 Å². The van der Waals surface area contributed by atoms with Gasteiger partial charge in [0.25, 0.3) is 0 Å². The molecule has 4 nitrogen and oxygen atoms in total. The van der Waals surface area contributed by atoms with Gasteiger partial charge in [0.2, 0.25) is 5.88 Å². The standard InChI is InChI=1S/C21H20N2O2/c1-14-20(21(24)17-9-5-6-10-18(17)23-14)15-11-12-19(22-13-15)25-16-7-3-2-4-8-16/h2-4,7-8,11-13H,5-6,9-10H2,1H3,(H,23,24). The number of fused-ring (bicyclic) bond motifs is 1. The highest BCUT2D eigenvalue weighted by molar-refractivity contribution is 5.66. The van der Waals surface area contributed by atoms with Gasteiger partial charge in [-0.2, -0.15) is 0 Å². The minimum atomic E-state index is 0.143. The summed E-state index contributed by atoms with van der Waals surface area (Å²) in [5.41, 5.74) is 4.64. The fourth-order valence-electron chi connectivity index (χ4n) is 3.45. The maximum Gasteiger partial charge on any atom is 0.219 e. The van der Waals surface area contributed by atoms with Crippen LogP contribution in [0.5, 0.6) is 11.6 Å². The van der Waals surface area contributed by atoms with E-state index in [1.54, 1.807) is 12.3 Å². The second-order valence-corrected chi connectivity index (χ2v) is 6.42. The first kappa shape index (κ1) is 15.6. The number of nitrogens with one attached hydrogen (secondary N) is 1. The summed E-state index contributed by atoms with van der Waals surface area (Å²) in [4.78, 5) is 20.7. The summed E-state index contributed by atoms with van der Waals surface area (Å²) in [5.74, 6) is 1.26. The highest BCUT2D eigenvalue weighted by Gasteiger charge is 2.18. The first-order valence-corrected chi connectivity index (χ1v) is 8.66. The summed E-state index contributed by atoms with van der Waals surface area (Å²) < 4.78 is 5.72. The lowest BCUT2D eigenvalue weighted by atomic mass is 9.92. The highest BCUT2D eigenvalue weighted by Crippen LogP contribution is 2.26. The van der Waals surface area contributed by atoms with Crippen LogP contribution in [0.25, 0.3) is 11.1 Å². The van der Waals surface area contributed by atoms with Crippen molar-refractivity contribution in [3.63, 3.8) is 0 Å². The van der Waals surface area contributed by atoms with Crippen molar-refractivity contribution in [2.45, 2.75) is 32.6 Å². The lowest BCUT2D eigenvalue weighted by Gasteiger charge is -2.18. The van der Waals surface area contributed by atoms with Gasteiger partial charge >= 0.3 is 0 Å². The molecule has 1 aromatic carbocycles. The van der Waals surface area contributed by atoms with Crippen molar-refractivity contribution in [3.8, 4) is 22.8 Å².